The molecule has 4 N–H and O–H groups in total. The summed E-state index contributed by atoms with van der Waals surface area (Å²) >= 11 is 0. The Bertz CT molecular complexity index is 211. The van der Waals surface area contributed by atoms with E-state index in [0.717, 1.165) is 0 Å². The first-order valence-corrected chi connectivity index (χ1v) is 4.07. The Hall–Kier alpha value is -1.36. The van der Waals surface area contributed by atoms with Crippen LogP contribution in [0, 0.1) is 5.92 Å². The summed E-state index contributed by atoms with van der Waals surface area (Å²) in [6.45, 7) is 8.16. The summed E-state index contributed by atoms with van der Waals surface area (Å²) in [5, 5.41) is 16.1. The summed E-state index contributed by atoms with van der Waals surface area (Å²) in [7, 11) is 0. The molecule has 0 amide bonds. The predicted molar refractivity (Wildman–Crippen MR) is 52.9 cm³/mol. The van der Waals surface area contributed by atoms with E-state index in [1.165, 1.54) is 6.92 Å². The van der Waals surface area contributed by atoms with Crippen LogP contribution >= 0.6 is 0 Å². The van der Waals surface area contributed by atoms with Gasteiger partial charge >= 0.3 is 11.9 Å². The van der Waals surface area contributed by atoms with Crippen molar-refractivity contribution in [3.05, 3.63) is 12.2 Å². The zero-order valence-corrected chi connectivity index (χ0v) is 8.65. The van der Waals surface area contributed by atoms with Gasteiger partial charge in [-0.1, -0.05) is 20.4 Å². The fourth-order valence-corrected chi connectivity index (χ4v) is 0.285. The molecular formula is C9H17NO4. The molecule has 0 spiro atoms. The summed E-state index contributed by atoms with van der Waals surface area (Å²) in [5.74, 6) is -1.84. The van der Waals surface area contributed by atoms with E-state index in [-0.39, 0.29) is 11.5 Å². The molecule has 0 rings (SSSR count). The SMILES string of the molecule is C=C(C)C(=O)O.CC(C)[C@H](N)C(=O)O. The fourth-order valence-electron chi connectivity index (χ4n) is 0.285. The van der Waals surface area contributed by atoms with Gasteiger partial charge in [0.25, 0.3) is 0 Å². The van der Waals surface area contributed by atoms with Crippen molar-refractivity contribution in [2.24, 2.45) is 11.7 Å². The summed E-state index contributed by atoms with van der Waals surface area (Å²) in [5.41, 5.74) is 5.34. The van der Waals surface area contributed by atoms with Crippen LogP contribution < -0.4 is 5.73 Å². The van der Waals surface area contributed by atoms with Crippen molar-refractivity contribution < 1.29 is 19.8 Å². The second kappa shape index (κ2) is 7.08. The summed E-state index contributed by atoms with van der Waals surface area (Å²) < 4.78 is 0. The highest BCUT2D eigenvalue weighted by atomic mass is 16.4. The molecule has 14 heavy (non-hydrogen) atoms. The molecule has 0 aromatic heterocycles. The first-order valence-electron chi connectivity index (χ1n) is 4.07. The molecule has 0 radical (unpaired) electrons. The molecule has 0 bridgehead atoms. The second-order valence-electron chi connectivity index (χ2n) is 3.19. The highest BCUT2D eigenvalue weighted by molar-refractivity contribution is 5.84. The number of carbonyl (C=O) groups is 2. The summed E-state index contributed by atoms with van der Waals surface area (Å²) in [4.78, 5) is 19.6. The van der Waals surface area contributed by atoms with Gasteiger partial charge in [-0.2, -0.15) is 0 Å². The van der Waals surface area contributed by atoms with Gasteiger partial charge in [0.2, 0.25) is 0 Å². The number of rotatable bonds is 3. The third kappa shape index (κ3) is 8.73. The molecule has 0 aliphatic rings. The van der Waals surface area contributed by atoms with Crippen LogP contribution in [-0.4, -0.2) is 28.2 Å². The minimum atomic E-state index is -0.935. The Morgan fingerprint density at radius 1 is 1.29 bits per heavy atom. The van der Waals surface area contributed by atoms with E-state index in [1.54, 1.807) is 13.8 Å². The highest BCUT2D eigenvalue weighted by Gasteiger charge is 2.14. The maximum atomic E-state index is 10.0. The Labute approximate surface area is 83.2 Å². The quantitative estimate of drug-likeness (QED) is 0.586. The van der Waals surface area contributed by atoms with Crippen molar-refractivity contribution in [3.8, 4) is 0 Å². The van der Waals surface area contributed by atoms with Gasteiger partial charge in [-0.15, -0.1) is 0 Å². The average molecular weight is 203 g/mol. The third-order valence-corrected chi connectivity index (χ3v) is 1.37. The van der Waals surface area contributed by atoms with E-state index in [0.29, 0.717) is 0 Å². The predicted octanol–water partition coefficient (Wildman–Crippen LogP) is 0.701. The van der Waals surface area contributed by atoms with E-state index in [2.05, 4.69) is 6.58 Å². The van der Waals surface area contributed by atoms with Crippen LogP contribution in [0.5, 0.6) is 0 Å². The van der Waals surface area contributed by atoms with E-state index in [1.807, 2.05) is 0 Å². The summed E-state index contributed by atoms with van der Waals surface area (Å²) in [6, 6.07) is -0.713. The molecule has 82 valence electrons. The van der Waals surface area contributed by atoms with Crippen LogP contribution in [-0.2, 0) is 9.59 Å². The molecule has 0 aromatic carbocycles. The summed E-state index contributed by atoms with van der Waals surface area (Å²) in [6.07, 6.45) is 0. The minimum Gasteiger partial charge on any atom is -0.480 e. The Kier molecular flexibility index (Phi) is 7.65. The Balaban J connectivity index is 0. The van der Waals surface area contributed by atoms with Crippen LogP contribution in [0.2, 0.25) is 0 Å². The number of aliphatic carboxylic acids is 2. The smallest absolute Gasteiger partial charge is 0.330 e. The molecule has 0 unspecified atom stereocenters. The van der Waals surface area contributed by atoms with Gasteiger partial charge in [0.15, 0.2) is 0 Å². The fraction of sp³-hybridized carbons (Fsp3) is 0.556. The highest BCUT2D eigenvalue weighted by Crippen LogP contribution is 1.96. The molecule has 0 fully saturated rings. The lowest BCUT2D eigenvalue weighted by Crippen LogP contribution is -2.34. The first kappa shape index (κ1) is 15.1. The average Bonchev–Trinajstić information content (AvgIpc) is 2.03. The van der Waals surface area contributed by atoms with Gasteiger partial charge in [-0.3, -0.25) is 4.79 Å². The van der Waals surface area contributed by atoms with Gasteiger partial charge in [0.05, 0.1) is 0 Å². The topological polar surface area (TPSA) is 101 Å². The number of nitrogens with two attached hydrogens (primary N) is 1. The van der Waals surface area contributed by atoms with Crippen LogP contribution in [0.25, 0.3) is 0 Å². The van der Waals surface area contributed by atoms with Gasteiger partial charge < -0.3 is 15.9 Å². The van der Waals surface area contributed by atoms with Gasteiger partial charge in [-0.25, -0.2) is 4.79 Å². The second-order valence-corrected chi connectivity index (χ2v) is 3.19. The van der Waals surface area contributed by atoms with Crippen molar-refractivity contribution >= 4 is 11.9 Å². The molecule has 1 atom stereocenters. The molecule has 5 nitrogen and oxygen atoms in total. The van der Waals surface area contributed by atoms with E-state index >= 15 is 0 Å². The molecular weight excluding hydrogens is 186 g/mol. The molecule has 0 aliphatic heterocycles. The van der Waals surface area contributed by atoms with Crippen LogP contribution in [0.1, 0.15) is 20.8 Å². The van der Waals surface area contributed by atoms with Crippen LogP contribution in [0.4, 0.5) is 0 Å². The zero-order chi connectivity index (χ0) is 11.9. The van der Waals surface area contributed by atoms with Gasteiger partial charge in [0.1, 0.15) is 6.04 Å². The molecule has 0 heterocycles. The zero-order valence-electron chi connectivity index (χ0n) is 8.65. The monoisotopic (exact) mass is 203 g/mol. The van der Waals surface area contributed by atoms with Crippen LogP contribution in [0.15, 0.2) is 12.2 Å². The number of carboxylic acids is 2. The Morgan fingerprint density at radius 2 is 1.57 bits per heavy atom. The van der Waals surface area contributed by atoms with Crippen molar-refractivity contribution in [1.29, 1.82) is 0 Å². The first-order chi connectivity index (χ1) is 6.20. The lowest BCUT2D eigenvalue weighted by molar-refractivity contribution is -0.139. The minimum absolute atomic E-state index is 0.0208. The normalized spacial score (nSPS) is 11.2. The third-order valence-electron chi connectivity index (χ3n) is 1.37. The molecule has 5 heteroatoms. The number of hydrogen-bond donors (Lipinski definition) is 3. The largest absolute Gasteiger partial charge is 0.480 e. The van der Waals surface area contributed by atoms with Crippen LogP contribution in [0.3, 0.4) is 0 Å². The number of carboxylic acid groups (broad SMARTS) is 2. The van der Waals surface area contributed by atoms with E-state index in [4.69, 9.17) is 15.9 Å². The molecule has 0 aliphatic carbocycles. The lowest BCUT2D eigenvalue weighted by Gasteiger charge is -2.07. The van der Waals surface area contributed by atoms with Crippen molar-refractivity contribution in [3.63, 3.8) is 0 Å². The van der Waals surface area contributed by atoms with E-state index in [9.17, 15) is 9.59 Å². The Morgan fingerprint density at radius 3 is 1.57 bits per heavy atom. The number of hydrogen-bond acceptors (Lipinski definition) is 3. The van der Waals surface area contributed by atoms with Crippen molar-refractivity contribution in [2.45, 2.75) is 26.8 Å². The lowest BCUT2D eigenvalue weighted by atomic mass is 10.1. The van der Waals surface area contributed by atoms with Gasteiger partial charge in [0, 0.05) is 5.57 Å². The van der Waals surface area contributed by atoms with E-state index < -0.39 is 18.0 Å². The molecule has 0 aromatic rings. The van der Waals surface area contributed by atoms with Crippen molar-refractivity contribution in [2.75, 3.05) is 0 Å². The van der Waals surface area contributed by atoms with Gasteiger partial charge in [-0.05, 0) is 12.8 Å². The maximum Gasteiger partial charge on any atom is 0.330 e. The standard InChI is InChI=1S/C5H11NO2.C4H6O2/c1-3(2)4(6)5(7)8;1-3(2)4(5)6/h3-4H,6H2,1-2H3,(H,7,8);1H2,2H3,(H,5,6)/t4-;/m0./s1. The molecule has 0 saturated heterocycles. The maximum absolute atomic E-state index is 10.0. The van der Waals surface area contributed by atoms with Crippen molar-refractivity contribution in [1.82, 2.24) is 0 Å². The molecule has 0 saturated carbocycles.